The predicted molar refractivity (Wildman–Crippen MR) is 207 cm³/mol. The molecular formula is C43H70O16. The Labute approximate surface area is 349 Å². The summed E-state index contributed by atoms with van der Waals surface area (Å²) in [5, 5.41) is 10.5. The third kappa shape index (κ3) is 10.5. The molecule has 59 heavy (non-hydrogen) atoms. The zero-order valence-corrected chi connectivity index (χ0v) is 36.3. The van der Waals surface area contributed by atoms with Crippen LogP contribution >= 0.6 is 0 Å². The van der Waals surface area contributed by atoms with Gasteiger partial charge in [-0.3, -0.25) is 9.59 Å². The van der Waals surface area contributed by atoms with Crippen molar-refractivity contribution in [1.82, 2.24) is 0 Å². The van der Waals surface area contributed by atoms with Gasteiger partial charge in [-0.1, -0.05) is 27.7 Å². The number of methoxy groups -OCH3 is 5. The number of aliphatic hydroxyl groups excluding tert-OH is 1. The smallest absolute Gasteiger partial charge is 0.308 e. The average molecular weight is 843 g/mol. The number of rotatable bonds is 11. The molecular weight excluding hydrogens is 772 g/mol. The lowest BCUT2D eigenvalue weighted by Gasteiger charge is -2.46. The van der Waals surface area contributed by atoms with E-state index in [9.17, 15) is 14.7 Å². The molecule has 0 unspecified atom stereocenters. The summed E-state index contributed by atoms with van der Waals surface area (Å²) in [5.74, 6) is 0.0298. The van der Waals surface area contributed by atoms with Crippen molar-refractivity contribution in [2.45, 2.75) is 177 Å². The Bertz CT molecular complexity index is 1390. The van der Waals surface area contributed by atoms with Crippen LogP contribution in [0.25, 0.3) is 0 Å². The molecule has 0 aromatic rings. The van der Waals surface area contributed by atoms with Crippen LogP contribution in [-0.4, -0.2) is 164 Å². The Kier molecular flexibility index (Phi) is 15.3. The number of carbonyl (C=O) groups is 2. The lowest BCUT2D eigenvalue weighted by molar-refractivity contribution is -0.309. The second kappa shape index (κ2) is 19.9. The molecule has 338 valence electrons. The number of esters is 2. The molecule has 7 aliphatic rings. The number of carbonyl (C=O) groups excluding carboxylic acids is 2. The van der Waals surface area contributed by atoms with Crippen LogP contribution in [0.5, 0.6) is 0 Å². The molecule has 22 atom stereocenters. The van der Waals surface area contributed by atoms with Gasteiger partial charge in [0.1, 0.15) is 48.8 Å². The lowest BCUT2D eigenvalue weighted by atomic mass is 9.85. The fourth-order valence-electron chi connectivity index (χ4n) is 10.4. The zero-order valence-electron chi connectivity index (χ0n) is 36.3. The van der Waals surface area contributed by atoms with Gasteiger partial charge < -0.3 is 66.7 Å². The van der Waals surface area contributed by atoms with Crippen LogP contribution in [0, 0.1) is 35.5 Å². The van der Waals surface area contributed by atoms with Crippen molar-refractivity contribution in [3.63, 3.8) is 0 Å². The van der Waals surface area contributed by atoms with E-state index in [-0.39, 0.29) is 86.1 Å². The molecule has 2 saturated carbocycles. The van der Waals surface area contributed by atoms with Gasteiger partial charge in [-0.15, -0.1) is 0 Å². The summed E-state index contributed by atoms with van der Waals surface area (Å²) in [4.78, 5) is 28.1. The van der Waals surface area contributed by atoms with E-state index in [1.54, 1.807) is 21.3 Å². The highest BCUT2D eigenvalue weighted by Gasteiger charge is 2.51. The molecule has 0 radical (unpaired) electrons. The van der Waals surface area contributed by atoms with Gasteiger partial charge in [0.15, 0.2) is 12.6 Å². The Morgan fingerprint density at radius 2 is 0.932 bits per heavy atom. The first kappa shape index (κ1) is 45.5. The van der Waals surface area contributed by atoms with Gasteiger partial charge in [0, 0.05) is 73.1 Å². The second-order valence-electron chi connectivity index (χ2n) is 18.4. The normalized spacial score (nSPS) is 49.7. The molecule has 0 aromatic heterocycles. The summed E-state index contributed by atoms with van der Waals surface area (Å²) in [5.41, 5.74) is 0. The number of ether oxygens (including phenoxy) is 13. The predicted octanol–water partition coefficient (Wildman–Crippen LogP) is 3.20. The van der Waals surface area contributed by atoms with Gasteiger partial charge in [0.2, 0.25) is 0 Å². The third-order valence-electron chi connectivity index (χ3n) is 14.5. The van der Waals surface area contributed by atoms with E-state index in [1.165, 1.54) is 14.2 Å². The highest BCUT2D eigenvalue weighted by atomic mass is 16.7. The minimum atomic E-state index is -0.870. The molecule has 7 rings (SSSR count). The standard InChI is InChI=1S/C43H70O16/c1-20-10-26(20)33-14-24-12-29(58-42-40(50-8)38(48-6)28(44)18-52-42)22(3)31(54-24)16-36(45)57-34(27-11-21(27)2)15-25-13-30(23(4)32(55-25)17-37(46)56-33)59-43-41(51-9)39(49-7)35(47-5)19-53-43/h20-35,38-44H,10-19H2,1-9H3/t20-,21-,22+,23+,24-,25-,26-,27-,28-,29-,30-,31-,32-,33-,34-,35+,38+,39-,40-,41+,42+,43-/m0/s1. The highest BCUT2D eigenvalue weighted by molar-refractivity contribution is 5.71. The maximum absolute atomic E-state index is 14.1. The van der Waals surface area contributed by atoms with Gasteiger partial charge in [-0.2, -0.15) is 0 Å². The monoisotopic (exact) mass is 842 g/mol. The number of hydrogen-bond donors (Lipinski definition) is 1. The van der Waals surface area contributed by atoms with Crippen LogP contribution in [-0.2, 0) is 71.2 Å². The summed E-state index contributed by atoms with van der Waals surface area (Å²) >= 11 is 0. The Morgan fingerprint density at radius 1 is 0.508 bits per heavy atom. The molecule has 0 spiro atoms. The minimum Gasteiger partial charge on any atom is -0.462 e. The van der Waals surface area contributed by atoms with E-state index in [0.717, 1.165) is 12.8 Å². The molecule has 5 aliphatic heterocycles. The van der Waals surface area contributed by atoms with Crippen molar-refractivity contribution < 1.29 is 76.3 Å². The Balaban J connectivity index is 1.13. The molecule has 4 bridgehead atoms. The Hall–Kier alpha value is -1.54. The van der Waals surface area contributed by atoms with Crippen LogP contribution < -0.4 is 0 Å². The second-order valence-corrected chi connectivity index (χ2v) is 18.4. The van der Waals surface area contributed by atoms with E-state index >= 15 is 0 Å². The van der Waals surface area contributed by atoms with Crippen molar-refractivity contribution in [2.75, 3.05) is 48.8 Å². The van der Waals surface area contributed by atoms with E-state index in [1.807, 2.05) is 13.8 Å². The zero-order chi connectivity index (χ0) is 42.1. The van der Waals surface area contributed by atoms with Crippen molar-refractivity contribution in [2.24, 2.45) is 35.5 Å². The SMILES string of the molecule is CO[C@@H]1[C@@H](O[C@H]2C[C@H]3C[C@@H]([C@H]4C[C@@H]4C)OC(=O)C[C@@H]4O[C@@H](C[C@H](O[C@@H]5OC[C@@H](OC)[C@H](OC)[C@H]5OC)[C@H]4C)C[C@@H]([C@H]4C[C@@H]4C)OC(=O)C[C@H](O3)[C@@H]2C)OC[C@H](O)[C@H]1OC. The van der Waals surface area contributed by atoms with Crippen LogP contribution in [0.2, 0.25) is 0 Å². The lowest BCUT2D eigenvalue weighted by Crippen LogP contribution is -2.58. The Morgan fingerprint density at radius 3 is 1.34 bits per heavy atom. The topological polar surface area (TPSA) is 174 Å². The van der Waals surface area contributed by atoms with E-state index in [2.05, 4.69) is 13.8 Å². The van der Waals surface area contributed by atoms with E-state index < -0.39 is 73.6 Å². The first-order valence-corrected chi connectivity index (χ1v) is 21.9. The molecule has 16 heteroatoms. The fourth-order valence-corrected chi connectivity index (χ4v) is 10.4. The summed E-state index contributed by atoms with van der Waals surface area (Å²) in [6.07, 6.45) is -4.59. The van der Waals surface area contributed by atoms with Crippen LogP contribution in [0.3, 0.4) is 0 Å². The molecule has 0 amide bonds. The van der Waals surface area contributed by atoms with Crippen molar-refractivity contribution >= 4 is 11.9 Å². The number of aliphatic hydroxyl groups is 1. The quantitative estimate of drug-likeness (QED) is 0.300. The van der Waals surface area contributed by atoms with E-state index in [0.29, 0.717) is 37.5 Å². The third-order valence-corrected chi connectivity index (χ3v) is 14.5. The number of cyclic esters (lactones) is 2. The minimum absolute atomic E-state index is 0.0233. The van der Waals surface area contributed by atoms with Crippen molar-refractivity contribution in [3.8, 4) is 0 Å². The molecule has 1 N–H and O–H groups in total. The van der Waals surface area contributed by atoms with Crippen molar-refractivity contribution in [3.05, 3.63) is 0 Å². The maximum atomic E-state index is 14.1. The van der Waals surface area contributed by atoms with Gasteiger partial charge >= 0.3 is 11.9 Å². The van der Waals surface area contributed by atoms with E-state index in [4.69, 9.17) is 61.6 Å². The summed E-state index contributed by atoms with van der Waals surface area (Å²) in [6, 6.07) is 0. The van der Waals surface area contributed by atoms with Gasteiger partial charge in [-0.25, -0.2) is 0 Å². The van der Waals surface area contributed by atoms with Gasteiger partial charge in [-0.05, 0) is 36.5 Å². The molecule has 5 saturated heterocycles. The first-order valence-electron chi connectivity index (χ1n) is 21.9. The van der Waals surface area contributed by atoms with Gasteiger partial charge in [0.25, 0.3) is 0 Å². The van der Waals surface area contributed by atoms with Crippen LogP contribution in [0.15, 0.2) is 0 Å². The summed E-state index contributed by atoms with van der Waals surface area (Å²) < 4.78 is 80.5. The molecule has 2 aliphatic carbocycles. The van der Waals surface area contributed by atoms with Crippen LogP contribution in [0.4, 0.5) is 0 Å². The largest absolute Gasteiger partial charge is 0.462 e. The first-order chi connectivity index (χ1) is 28.3. The van der Waals surface area contributed by atoms with Crippen LogP contribution in [0.1, 0.15) is 79.1 Å². The highest BCUT2D eigenvalue weighted by Crippen LogP contribution is 2.47. The van der Waals surface area contributed by atoms with Gasteiger partial charge in [0.05, 0.1) is 62.7 Å². The molecule has 16 nitrogen and oxygen atoms in total. The number of fused-ring (bicyclic) bond motifs is 4. The molecule has 5 heterocycles. The molecule has 7 fully saturated rings. The molecule has 0 aromatic carbocycles. The maximum Gasteiger partial charge on any atom is 0.308 e. The fraction of sp³-hybridized carbons (Fsp3) is 0.953. The average Bonchev–Trinajstić information content (AvgIpc) is 4.14. The van der Waals surface area contributed by atoms with Crippen molar-refractivity contribution in [1.29, 1.82) is 0 Å². The summed E-state index contributed by atoms with van der Waals surface area (Å²) in [6.45, 7) is 8.67. The number of hydrogen-bond acceptors (Lipinski definition) is 16. The summed E-state index contributed by atoms with van der Waals surface area (Å²) in [7, 11) is 7.90.